The van der Waals surface area contributed by atoms with Crippen LogP contribution in [0.4, 0.5) is 5.69 Å². The van der Waals surface area contributed by atoms with E-state index in [1.165, 1.54) is 11.3 Å². The molecule has 3 rings (SSSR count). The highest BCUT2D eigenvalue weighted by atomic mass is 32.1. The number of fused-ring (bicyclic) bond motifs is 1. The average Bonchev–Trinajstić information content (AvgIpc) is 2.81. The molecule has 2 radical (unpaired) electrons. The van der Waals surface area contributed by atoms with Gasteiger partial charge in [0, 0.05) is 11.3 Å². The Bertz CT molecular complexity index is 768. The van der Waals surface area contributed by atoms with E-state index in [0.717, 1.165) is 15.3 Å². The monoisotopic (exact) mass is 268 g/mol. The summed E-state index contributed by atoms with van der Waals surface area (Å²) in [7, 11) is 5.61. The minimum Gasteiger partial charge on any atom is -0.505 e. The molecule has 0 bridgehead atoms. The Balaban J connectivity index is 2.22. The first kappa shape index (κ1) is 11.9. The Morgan fingerprint density at radius 3 is 2.47 bits per heavy atom. The number of anilines is 1. The van der Waals surface area contributed by atoms with Crippen LogP contribution in [0.1, 0.15) is 0 Å². The van der Waals surface area contributed by atoms with Gasteiger partial charge in [-0.1, -0.05) is 5.46 Å². The van der Waals surface area contributed by atoms with Crippen molar-refractivity contribution in [2.24, 2.45) is 0 Å². The molecule has 0 fully saturated rings. The third-order valence-corrected chi connectivity index (χ3v) is 3.87. The molecule has 3 aromatic rings. The molecule has 0 unspecified atom stereocenters. The lowest BCUT2D eigenvalue weighted by Gasteiger charge is -2.01. The molecule has 0 aliphatic carbocycles. The second kappa shape index (κ2) is 4.17. The molecule has 0 aliphatic rings. The number of rotatable bonds is 1. The number of nitrogens with zero attached hydrogens (tertiary/aromatic N) is 1. The van der Waals surface area contributed by atoms with Crippen molar-refractivity contribution < 1.29 is 10.2 Å². The van der Waals surface area contributed by atoms with Gasteiger partial charge in [-0.05, 0) is 30.3 Å². The van der Waals surface area contributed by atoms with E-state index in [1.807, 2.05) is 12.1 Å². The van der Waals surface area contributed by atoms with Crippen molar-refractivity contribution in [3.05, 3.63) is 30.3 Å². The predicted octanol–water partition coefficient (Wildman–Crippen LogP) is 1.75. The van der Waals surface area contributed by atoms with E-state index in [9.17, 15) is 10.2 Å². The largest absolute Gasteiger partial charge is 0.505 e. The van der Waals surface area contributed by atoms with Crippen molar-refractivity contribution in [3.63, 3.8) is 0 Å². The number of nitrogen functional groups attached to an aromatic ring is 1. The molecule has 4 N–H and O–H groups in total. The van der Waals surface area contributed by atoms with Crippen LogP contribution in [0.3, 0.4) is 0 Å². The zero-order chi connectivity index (χ0) is 13.6. The van der Waals surface area contributed by atoms with Crippen LogP contribution in [0.2, 0.25) is 0 Å². The number of phenolic OH excluding ortho intramolecular Hbond substituents is 2. The maximum absolute atomic E-state index is 9.84. The molecule has 19 heavy (non-hydrogen) atoms. The quantitative estimate of drug-likeness (QED) is 0.357. The summed E-state index contributed by atoms with van der Waals surface area (Å²) < 4.78 is 0.722. The fourth-order valence-electron chi connectivity index (χ4n) is 1.81. The normalized spacial score (nSPS) is 10.9. The standard InChI is InChI=1S/C13H9BN2O2S/c14-8-5-9-10(12(18)11(8)17)16-13(19-9)6-1-3-7(15)4-2-6/h1-5,17-18H,15H2. The van der Waals surface area contributed by atoms with Crippen LogP contribution in [-0.4, -0.2) is 23.0 Å². The smallest absolute Gasteiger partial charge is 0.184 e. The van der Waals surface area contributed by atoms with E-state index >= 15 is 0 Å². The number of nitrogens with two attached hydrogens (primary N) is 1. The first-order valence-corrected chi connectivity index (χ1v) is 6.35. The molecule has 92 valence electrons. The molecule has 0 spiro atoms. The minimum absolute atomic E-state index is 0.137. The molecule has 0 atom stereocenters. The van der Waals surface area contributed by atoms with Gasteiger partial charge in [-0.25, -0.2) is 4.98 Å². The first-order valence-electron chi connectivity index (χ1n) is 5.53. The SMILES string of the molecule is [B]c1cc2sc(-c3ccc(N)cc3)nc2c(O)c1O. The summed E-state index contributed by atoms with van der Waals surface area (Å²) in [6.07, 6.45) is 0. The van der Waals surface area contributed by atoms with Crippen molar-refractivity contribution >= 4 is 40.5 Å². The summed E-state index contributed by atoms with van der Waals surface area (Å²) in [5, 5.41) is 20.2. The lowest BCUT2D eigenvalue weighted by atomic mass is 9.94. The Hall–Kier alpha value is -2.21. The Kier molecular flexibility index (Phi) is 2.60. The molecule has 0 saturated carbocycles. The molecule has 0 saturated heterocycles. The van der Waals surface area contributed by atoms with Gasteiger partial charge in [0.05, 0.1) is 4.70 Å². The van der Waals surface area contributed by atoms with Crippen LogP contribution >= 0.6 is 11.3 Å². The van der Waals surface area contributed by atoms with Gasteiger partial charge in [0.15, 0.2) is 11.5 Å². The third-order valence-electron chi connectivity index (χ3n) is 2.82. The number of hydrogen-bond acceptors (Lipinski definition) is 5. The summed E-state index contributed by atoms with van der Waals surface area (Å²) >= 11 is 1.39. The summed E-state index contributed by atoms with van der Waals surface area (Å²) in [5.41, 5.74) is 7.70. The van der Waals surface area contributed by atoms with Gasteiger partial charge in [-0.3, -0.25) is 0 Å². The fraction of sp³-hybridized carbons (Fsp3) is 0. The Morgan fingerprint density at radius 2 is 1.79 bits per heavy atom. The van der Waals surface area contributed by atoms with Crippen molar-refractivity contribution in [2.45, 2.75) is 0 Å². The predicted molar refractivity (Wildman–Crippen MR) is 78.2 cm³/mol. The van der Waals surface area contributed by atoms with Gasteiger partial charge in [-0.15, -0.1) is 11.3 Å². The number of phenols is 2. The van der Waals surface area contributed by atoms with Gasteiger partial charge in [-0.2, -0.15) is 0 Å². The lowest BCUT2D eigenvalue weighted by molar-refractivity contribution is 0.410. The Morgan fingerprint density at radius 1 is 1.11 bits per heavy atom. The van der Waals surface area contributed by atoms with Crippen molar-refractivity contribution in [3.8, 4) is 22.1 Å². The van der Waals surface area contributed by atoms with E-state index in [1.54, 1.807) is 18.2 Å². The van der Waals surface area contributed by atoms with E-state index in [-0.39, 0.29) is 17.0 Å². The topological polar surface area (TPSA) is 79.4 Å². The average molecular weight is 268 g/mol. The summed E-state index contributed by atoms with van der Waals surface area (Å²) in [4.78, 5) is 4.33. The van der Waals surface area contributed by atoms with E-state index in [4.69, 9.17) is 13.6 Å². The molecule has 6 heteroatoms. The number of benzene rings is 2. The first-order chi connectivity index (χ1) is 9.06. The second-order valence-electron chi connectivity index (χ2n) is 4.15. The molecule has 4 nitrogen and oxygen atoms in total. The van der Waals surface area contributed by atoms with E-state index < -0.39 is 0 Å². The summed E-state index contributed by atoms with van der Waals surface area (Å²) in [6, 6.07) is 8.88. The number of aromatic nitrogens is 1. The molecule has 1 heterocycles. The van der Waals surface area contributed by atoms with Crippen LogP contribution in [0.15, 0.2) is 30.3 Å². The van der Waals surface area contributed by atoms with Crippen molar-refractivity contribution in [1.82, 2.24) is 4.98 Å². The zero-order valence-electron chi connectivity index (χ0n) is 9.79. The van der Waals surface area contributed by atoms with E-state index in [2.05, 4.69) is 4.98 Å². The number of thiazole rings is 1. The van der Waals surface area contributed by atoms with Gasteiger partial charge in [0.1, 0.15) is 18.4 Å². The van der Waals surface area contributed by atoms with Gasteiger partial charge < -0.3 is 15.9 Å². The Labute approximate surface area is 114 Å². The minimum atomic E-state index is -0.332. The van der Waals surface area contributed by atoms with Crippen molar-refractivity contribution in [1.29, 1.82) is 0 Å². The zero-order valence-corrected chi connectivity index (χ0v) is 10.6. The highest BCUT2D eigenvalue weighted by Crippen LogP contribution is 2.37. The maximum atomic E-state index is 9.84. The van der Waals surface area contributed by atoms with Crippen LogP contribution < -0.4 is 11.2 Å². The second-order valence-corrected chi connectivity index (χ2v) is 5.18. The van der Waals surface area contributed by atoms with Crippen LogP contribution in [0.5, 0.6) is 11.5 Å². The molecule has 0 amide bonds. The molecule has 2 aromatic carbocycles. The van der Waals surface area contributed by atoms with Crippen molar-refractivity contribution in [2.75, 3.05) is 5.73 Å². The maximum Gasteiger partial charge on any atom is 0.184 e. The third kappa shape index (κ3) is 1.90. The fourth-order valence-corrected chi connectivity index (χ4v) is 2.83. The summed E-state index contributed by atoms with van der Waals surface area (Å²) in [6.45, 7) is 0. The molecule has 1 aromatic heterocycles. The van der Waals surface area contributed by atoms with Crippen LogP contribution in [-0.2, 0) is 0 Å². The van der Waals surface area contributed by atoms with E-state index in [0.29, 0.717) is 11.2 Å². The van der Waals surface area contributed by atoms with Gasteiger partial charge in [0.2, 0.25) is 0 Å². The van der Waals surface area contributed by atoms with Crippen LogP contribution in [0, 0.1) is 0 Å². The van der Waals surface area contributed by atoms with Gasteiger partial charge in [0.25, 0.3) is 0 Å². The molecular formula is C13H9BN2O2S. The number of hydrogen-bond donors (Lipinski definition) is 3. The highest BCUT2D eigenvalue weighted by molar-refractivity contribution is 7.21. The summed E-state index contributed by atoms with van der Waals surface area (Å²) in [5.74, 6) is -0.616. The highest BCUT2D eigenvalue weighted by Gasteiger charge is 2.14. The van der Waals surface area contributed by atoms with Gasteiger partial charge >= 0.3 is 0 Å². The van der Waals surface area contributed by atoms with Crippen LogP contribution in [0.25, 0.3) is 20.8 Å². The molecular weight excluding hydrogens is 259 g/mol. The molecule has 0 aliphatic heterocycles. The number of aromatic hydroxyl groups is 2. The lowest BCUT2D eigenvalue weighted by Crippen LogP contribution is -2.01.